The Labute approximate surface area is 110 Å². The van der Waals surface area contributed by atoms with Gasteiger partial charge >= 0.3 is 0 Å². The van der Waals surface area contributed by atoms with Gasteiger partial charge in [0.1, 0.15) is 0 Å². The quantitative estimate of drug-likeness (QED) is 0.870. The van der Waals surface area contributed by atoms with Gasteiger partial charge in [0.15, 0.2) is 0 Å². The molecule has 1 aliphatic heterocycles. The van der Waals surface area contributed by atoms with Crippen molar-refractivity contribution in [1.82, 2.24) is 14.9 Å². The summed E-state index contributed by atoms with van der Waals surface area (Å²) in [6.45, 7) is 9.82. The van der Waals surface area contributed by atoms with Gasteiger partial charge in [0, 0.05) is 37.6 Å². The van der Waals surface area contributed by atoms with Crippen LogP contribution in [-0.4, -0.2) is 34.7 Å². The molecule has 1 aliphatic rings. The third-order valence-electron chi connectivity index (χ3n) is 3.94. The Morgan fingerprint density at radius 1 is 1.44 bits per heavy atom. The SMILES string of the molecule is CCNC(C)C1CCCCN1c1nccn1CC. The molecular weight excluding hydrogens is 224 g/mol. The largest absolute Gasteiger partial charge is 0.338 e. The fraction of sp³-hybridized carbons (Fsp3) is 0.786. The number of aromatic nitrogens is 2. The molecule has 0 radical (unpaired) electrons. The predicted octanol–water partition coefficient (Wildman–Crippen LogP) is 2.26. The van der Waals surface area contributed by atoms with Crippen molar-refractivity contribution in [2.75, 3.05) is 18.0 Å². The van der Waals surface area contributed by atoms with Gasteiger partial charge in [0.05, 0.1) is 0 Å². The van der Waals surface area contributed by atoms with E-state index in [0.29, 0.717) is 12.1 Å². The monoisotopic (exact) mass is 250 g/mol. The van der Waals surface area contributed by atoms with Gasteiger partial charge in [-0.1, -0.05) is 6.92 Å². The van der Waals surface area contributed by atoms with E-state index in [-0.39, 0.29) is 0 Å². The van der Waals surface area contributed by atoms with Crippen molar-refractivity contribution in [3.05, 3.63) is 12.4 Å². The molecule has 1 saturated heterocycles. The zero-order valence-corrected chi connectivity index (χ0v) is 11.9. The van der Waals surface area contributed by atoms with Gasteiger partial charge in [-0.2, -0.15) is 0 Å². The lowest BCUT2D eigenvalue weighted by molar-refractivity contribution is 0.365. The van der Waals surface area contributed by atoms with Crippen LogP contribution in [0.1, 0.15) is 40.0 Å². The van der Waals surface area contributed by atoms with Gasteiger partial charge in [-0.25, -0.2) is 4.98 Å². The van der Waals surface area contributed by atoms with Crippen molar-refractivity contribution in [2.24, 2.45) is 0 Å². The Morgan fingerprint density at radius 3 is 3.00 bits per heavy atom. The summed E-state index contributed by atoms with van der Waals surface area (Å²) < 4.78 is 2.25. The highest BCUT2D eigenvalue weighted by Gasteiger charge is 2.29. The van der Waals surface area contributed by atoms with Gasteiger partial charge in [0.2, 0.25) is 5.95 Å². The van der Waals surface area contributed by atoms with Crippen LogP contribution in [0.2, 0.25) is 0 Å². The number of hydrogen-bond donors (Lipinski definition) is 1. The fourth-order valence-corrected chi connectivity index (χ4v) is 2.99. The minimum absolute atomic E-state index is 0.525. The van der Waals surface area contributed by atoms with Crippen LogP contribution in [0, 0.1) is 0 Å². The molecule has 2 rings (SSSR count). The molecule has 0 bridgehead atoms. The molecule has 4 nitrogen and oxygen atoms in total. The van der Waals surface area contributed by atoms with Gasteiger partial charge < -0.3 is 14.8 Å². The zero-order chi connectivity index (χ0) is 13.0. The molecule has 0 amide bonds. The van der Waals surface area contributed by atoms with Crippen LogP contribution in [0.5, 0.6) is 0 Å². The second-order valence-corrected chi connectivity index (χ2v) is 5.12. The van der Waals surface area contributed by atoms with Crippen LogP contribution in [0.4, 0.5) is 5.95 Å². The first-order valence-electron chi connectivity index (χ1n) is 7.29. The van der Waals surface area contributed by atoms with E-state index in [0.717, 1.165) is 25.6 Å². The summed E-state index contributed by atoms with van der Waals surface area (Å²) in [6.07, 6.45) is 7.89. The maximum Gasteiger partial charge on any atom is 0.205 e. The Morgan fingerprint density at radius 2 is 2.28 bits per heavy atom. The average molecular weight is 250 g/mol. The minimum atomic E-state index is 0.525. The van der Waals surface area contributed by atoms with Crippen molar-refractivity contribution in [3.63, 3.8) is 0 Å². The number of anilines is 1. The molecule has 2 unspecified atom stereocenters. The Bertz CT molecular complexity index is 360. The third-order valence-corrected chi connectivity index (χ3v) is 3.94. The summed E-state index contributed by atoms with van der Waals surface area (Å²) in [6, 6.07) is 1.10. The van der Waals surface area contributed by atoms with Crippen molar-refractivity contribution in [1.29, 1.82) is 0 Å². The van der Waals surface area contributed by atoms with Crippen LogP contribution in [-0.2, 0) is 6.54 Å². The first-order chi connectivity index (χ1) is 8.77. The Kier molecular flexibility index (Phi) is 4.64. The number of piperidine rings is 1. The molecule has 1 N–H and O–H groups in total. The lowest BCUT2D eigenvalue weighted by Gasteiger charge is -2.40. The zero-order valence-electron chi connectivity index (χ0n) is 11.9. The highest BCUT2D eigenvalue weighted by atomic mass is 15.3. The Balaban J connectivity index is 2.17. The second kappa shape index (κ2) is 6.23. The minimum Gasteiger partial charge on any atom is -0.338 e. The summed E-state index contributed by atoms with van der Waals surface area (Å²) >= 11 is 0. The molecule has 102 valence electrons. The smallest absolute Gasteiger partial charge is 0.205 e. The number of nitrogens with one attached hydrogen (secondary N) is 1. The molecule has 18 heavy (non-hydrogen) atoms. The molecule has 0 aliphatic carbocycles. The van der Waals surface area contributed by atoms with Crippen molar-refractivity contribution < 1.29 is 0 Å². The van der Waals surface area contributed by atoms with Gasteiger partial charge in [0.25, 0.3) is 0 Å². The number of hydrogen-bond acceptors (Lipinski definition) is 3. The van der Waals surface area contributed by atoms with Gasteiger partial charge in [-0.15, -0.1) is 0 Å². The van der Waals surface area contributed by atoms with E-state index in [4.69, 9.17) is 0 Å². The molecular formula is C14H26N4. The van der Waals surface area contributed by atoms with Crippen LogP contribution in [0.3, 0.4) is 0 Å². The molecule has 0 aromatic carbocycles. The number of imidazole rings is 1. The van der Waals surface area contributed by atoms with E-state index in [9.17, 15) is 0 Å². The molecule has 1 fully saturated rings. The summed E-state index contributed by atoms with van der Waals surface area (Å²) in [7, 11) is 0. The van der Waals surface area contributed by atoms with Gasteiger partial charge in [-0.05, 0) is 39.7 Å². The molecule has 1 aromatic heterocycles. The van der Waals surface area contributed by atoms with Crippen LogP contribution < -0.4 is 10.2 Å². The first-order valence-corrected chi connectivity index (χ1v) is 7.29. The lowest BCUT2D eigenvalue weighted by atomic mass is 9.97. The van der Waals surface area contributed by atoms with E-state index in [1.165, 1.54) is 19.3 Å². The van der Waals surface area contributed by atoms with Crippen LogP contribution in [0.25, 0.3) is 0 Å². The van der Waals surface area contributed by atoms with E-state index in [1.807, 2.05) is 6.20 Å². The molecule has 2 heterocycles. The number of rotatable bonds is 5. The maximum atomic E-state index is 4.56. The normalized spacial score (nSPS) is 22.2. The van der Waals surface area contributed by atoms with Crippen molar-refractivity contribution in [2.45, 2.75) is 58.7 Å². The summed E-state index contributed by atoms with van der Waals surface area (Å²) in [5, 5.41) is 3.57. The summed E-state index contributed by atoms with van der Waals surface area (Å²) in [4.78, 5) is 7.06. The number of likely N-dealkylation sites (N-methyl/N-ethyl adjacent to an activating group) is 1. The highest BCUT2D eigenvalue weighted by molar-refractivity contribution is 5.34. The van der Waals surface area contributed by atoms with E-state index in [1.54, 1.807) is 0 Å². The van der Waals surface area contributed by atoms with Gasteiger partial charge in [-0.3, -0.25) is 0 Å². The standard InChI is InChI=1S/C14H26N4/c1-4-15-12(3)13-8-6-7-10-18(13)14-16-9-11-17(14)5-2/h9,11-13,15H,4-8,10H2,1-3H3. The molecule has 0 saturated carbocycles. The van der Waals surface area contributed by atoms with Crippen LogP contribution >= 0.6 is 0 Å². The lowest BCUT2D eigenvalue weighted by Crippen LogP contribution is -2.52. The fourth-order valence-electron chi connectivity index (χ4n) is 2.99. The third kappa shape index (κ3) is 2.69. The Hall–Kier alpha value is -1.03. The molecule has 4 heteroatoms. The molecule has 0 spiro atoms. The first kappa shape index (κ1) is 13.4. The molecule has 2 atom stereocenters. The second-order valence-electron chi connectivity index (χ2n) is 5.12. The van der Waals surface area contributed by atoms with Crippen molar-refractivity contribution in [3.8, 4) is 0 Å². The number of aryl methyl sites for hydroxylation is 1. The maximum absolute atomic E-state index is 4.56. The van der Waals surface area contributed by atoms with E-state index >= 15 is 0 Å². The summed E-state index contributed by atoms with van der Waals surface area (Å²) in [5.74, 6) is 1.15. The molecule has 1 aromatic rings. The predicted molar refractivity (Wildman–Crippen MR) is 76.0 cm³/mol. The summed E-state index contributed by atoms with van der Waals surface area (Å²) in [5.41, 5.74) is 0. The average Bonchev–Trinajstić information content (AvgIpc) is 2.87. The highest BCUT2D eigenvalue weighted by Crippen LogP contribution is 2.25. The van der Waals surface area contributed by atoms with E-state index in [2.05, 4.69) is 46.7 Å². The van der Waals surface area contributed by atoms with Crippen molar-refractivity contribution >= 4 is 5.95 Å². The van der Waals surface area contributed by atoms with E-state index < -0.39 is 0 Å². The number of nitrogens with zero attached hydrogens (tertiary/aromatic N) is 3. The van der Waals surface area contributed by atoms with Crippen LogP contribution in [0.15, 0.2) is 12.4 Å². The topological polar surface area (TPSA) is 33.1 Å².